The van der Waals surface area contributed by atoms with Crippen molar-refractivity contribution < 1.29 is 18.0 Å². The van der Waals surface area contributed by atoms with Crippen LogP contribution in [0.4, 0.5) is 13.2 Å². The maximum absolute atomic E-state index is 13.7. The topological polar surface area (TPSA) is 42.0 Å². The van der Waals surface area contributed by atoms with Gasteiger partial charge < -0.3 is 5.32 Å². The number of nitrogens with zero attached hydrogens (tertiary/aromatic N) is 1. The van der Waals surface area contributed by atoms with E-state index < -0.39 is 17.5 Å². The zero-order valence-electron chi connectivity index (χ0n) is 11.0. The van der Waals surface area contributed by atoms with Crippen molar-refractivity contribution in [3.63, 3.8) is 0 Å². The van der Waals surface area contributed by atoms with Gasteiger partial charge in [0, 0.05) is 22.8 Å². The number of thioether (sulfide) groups is 1. The molecular weight excluding hydrogens is 381 g/mol. The van der Waals surface area contributed by atoms with E-state index >= 15 is 0 Å². The van der Waals surface area contributed by atoms with Crippen LogP contribution in [0.15, 0.2) is 46.0 Å². The molecule has 1 aromatic carbocycles. The lowest BCUT2D eigenvalue weighted by molar-refractivity contribution is 0.0947. The molecule has 0 saturated carbocycles. The largest absolute Gasteiger partial charge is 0.348 e. The van der Waals surface area contributed by atoms with E-state index in [0.717, 1.165) is 0 Å². The Bertz CT molecular complexity index is 685. The minimum Gasteiger partial charge on any atom is -0.348 e. The summed E-state index contributed by atoms with van der Waals surface area (Å²) in [7, 11) is 0. The van der Waals surface area contributed by atoms with Crippen molar-refractivity contribution in [2.45, 2.75) is 17.3 Å². The zero-order valence-corrected chi connectivity index (χ0v) is 13.4. The molecule has 2 rings (SSSR count). The molecule has 0 aliphatic carbocycles. The number of rotatable bonds is 5. The van der Waals surface area contributed by atoms with E-state index in [4.69, 9.17) is 0 Å². The Morgan fingerprint density at radius 1 is 1.36 bits per heavy atom. The molecular formula is C14H10BrF3N2OS. The third kappa shape index (κ3) is 4.48. The van der Waals surface area contributed by atoms with Crippen molar-refractivity contribution in [3.8, 4) is 0 Å². The maximum atomic E-state index is 13.7. The number of benzene rings is 1. The summed E-state index contributed by atoms with van der Waals surface area (Å²) in [6.07, 6.45) is 1.33. The van der Waals surface area contributed by atoms with Gasteiger partial charge in [-0.1, -0.05) is 22.0 Å². The van der Waals surface area contributed by atoms with Crippen molar-refractivity contribution in [1.29, 1.82) is 0 Å². The first-order valence-corrected chi connectivity index (χ1v) is 7.76. The predicted octanol–water partition coefficient (Wildman–Crippen LogP) is 4.23. The lowest BCUT2D eigenvalue weighted by Gasteiger charge is -2.09. The molecule has 0 unspecified atom stereocenters. The molecule has 1 heterocycles. The molecule has 3 nitrogen and oxygen atoms in total. The van der Waals surface area contributed by atoms with E-state index in [-0.39, 0.29) is 28.9 Å². The van der Waals surface area contributed by atoms with Crippen molar-refractivity contribution in [1.82, 2.24) is 10.3 Å². The van der Waals surface area contributed by atoms with Gasteiger partial charge in [-0.3, -0.25) is 4.79 Å². The van der Waals surface area contributed by atoms with E-state index in [1.807, 2.05) is 0 Å². The molecule has 2 aromatic rings. The Kier molecular flexibility index (Phi) is 5.84. The fourth-order valence-corrected chi connectivity index (χ4v) is 2.59. The van der Waals surface area contributed by atoms with Gasteiger partial charge >= 0.3 is 0 Å². The Hall–Kier alpha value is -1.54. The van der Waals surface area contributed by atoms with E-state index in [0.29, 0.717) is 10.0 Å². The molecule has 0 spiro atoms. The molecule has 0 radical (unpaired) electrons. The van der Waals surface area contributed by atoms with Crippen LogP contribution in [-0.2, 0) is 6.54 Å². The second kappa shape index (κ2) is 7.64. The standard InChI is InChI=1S/C14H10BrF3N2OS/c15-9-4-3-8(11(16)6-9)7-20-12(21)10-2-1-5-19-13(10)22-14(17)18/h1-6,14H,7H2,(H,20,21). The smallest absolute Gasteiger partial charge is 0.290 e. The summed E-state index contributed by atoms with van der Waals surface area (Å²) in [6.45, 7) is -0.0500. The summed E-state index contributed by atoms with van der Waals surface area (Å²) >= 11 is 3.33. The first-order chi connectivity index (χ1) is 10.5. The predicted molar refractivity (Wildman–Crippen MR) is 81.4 cm³/mol. The van der Waals surface area contributed by atoms with Crippen molar-refractivity contribution in [2.24, 2.45) is 0 Å². The van der Waals surface area contributed by atoms with Crippen LogP contribution in [0.5, 0.6) is 0 Å². The van der Waals surface area contributed by atoms with Crippen LogP contribution in [0.1, 0.15) is 15.9 Å². The Labute approximate surface area is 137 Å². The van der Waals surface area contributed by atoms with Gasteiger partial charge in [-0.25, -0.2) is 9.37 Å². The van der Waals surface area contributed by atoms with Crippen molar-refractivity contribution >= 4 is 33.6 Å². The second-order valence-corrected chi connectivity index (χ2v) is 6.05. The summed E-state index contributed by atoms with van der Waals surface area (Å²) in [6, 6.07) is 7.32. The molecule has 0 atom stereocenters. The number of hydrogen-bond donors (Lipinski definition) is 1. The SMILES string of the molecule is O=C(NCc1ccc(Br)cc1F)c1cccnc1SC(F)F. The number of aromatic nitrogens is 1. The summed E-state index contributed by atoms with van der Waals surface area (Å²) in [5.74, 6) is -3.73. The van der Waals surface area contributed by atoms with Gasteiger partial charge in [0.1, 0.15) is 10.8 Å². The number of nitrogens with one attached hydrogen (secondary N) is 1. The molecule has 1 N–H and O–H groups in total. The summed E-state index contributed by atoms with van der Waals surface area (Å²) < 4.78 is 39.1. The number of pyridine rings is 1. The number of hydrogen-bond acceptors (Lipinski definition) is 3. The van der Waals surface area contributed by atoms with E-state index in [1.165, 1.54) is 30.5 Å². The van der Waals surface area contributed by atoms with Crippen LogP contribution >= 0.6 is 27.7 Å². The van der Waals surface area contributed by atoms with Gasteiger partial charge in [0.25, 0.3) is 11.7 Å². The zero-order chi connectivity index (χ0) is 16.1. The molecule has 0 aliphatic heterocycles. The molecule has 116 valence electrons. The van der Waals surface area contributed by atoms with E-state index in [2.05, 4.69) is 26.2 Å². The Morgan fingerprint density at radius 2 is 2.14 bits per heavy atom. The fourth-order valence-electron chi connectivity index (χ4n) is 1.68. The highest BCUT2D eigenvalue weighted by molar-refractivity contribution is 9.10. The van der Waals surface area contributed by atoms with Crippen LogP contribution < -0.4 is 5.32 Å². The number of alkyl halides is 2. The van der Waals surface area contributed by atoms with Gasteiger partial charge in [-0.05, 0) is 36.0 Å². The van der Waals surface area contributed by atoms with Gasteiger partial charge in [0.2, 0.25) is 0 Å². The number of amides is 1. The molecule has 0 bridgehead atoms. The monoisotopic (exact) mass is 390 g/mol. The molecule has 0 fully saturated rings. The van der Waals surface area contributed by atoms with Crippen LogP contribution in [0.3, 0.4) is 0 Å². The van der Waals surface area contributed by atoms with Gasteiger partial charge in [-0.2, -0.15) is 8.78 Å². The summed E-state index contributed by atoms with van der Waals surface area (Å²) in [4.78, 5) is 15.8. The van der Waals surface area contributed by atoms with Crippen LogP contribution in [0.2, 0.25) is 0 Å². The number of carbonyl (C=O) groups excluding carboxylic acids is 1. The minimum atomic E-state index is -2.68. The molecule has 0 aliphatic rings. The lowest BCUT2D eigenvalue weighted by atomic mass is 10.2. The van der Waals surface area contributed by atoms with Gasteiger partial charge in [-0.15, -0.1) is 0 Å². The van der Waals surface area contributed by atoms with Crippen LogP contribution in [0, 0.1) is 5.82 Å². The highest BCUT2D eigenvalue weighted by atomic mass is 79.9. The van der Waals surface area contributed by atoms with E-state index in [9.17, 15) is 18.0 Å². The maximum Gasteiger partial charge on any atom is 0.290 e. The fraction of sp³-hybridized carbons (Fsp3) is 0.143. The van der Waals surface area contributed by atoms with Gasteiger partial charge in [0.05, 0.1) is 5.56 Å². The lowest BCUT2D eigenvalue weighted by Crippen LogP contribution is -2.24. The average Bonchev–Trinajstić information content (AvgIpc) is 2.46. The van der Waals surface area contributed by atoms with Crippen LogP contribution in [-0.4, -0.2) is 16.6 Å². The highest BCUT2D eigenvalue weighted by Crippen LogP contribution is 2.26. The Morgan fingerprint density at radius 3 is 2.82 bits per heavy atom. The first kappa shape index (κ1) is 16.8. The quantitative estimate of drug-likeness (QED) is 0.776. The molecule has 1 aromatic heterocycles. The second-order valence-electron chi connectivity index (χ2n) is 4.15. The Balaban J connectivity index is 2.09. The van der Waals surface area contributed by atoms with E-state index in [1.54, 1.807) is 6.07 Å². The third-order valence-electron chi connectivity index (χ3n) is 2.67. The summed E-state index contributed by atoms with van der Waals surface area (Å²) in [5, 5.41) is 2.43. The normalized spacial score (nSPS) is 10.8. The molecule has 8 heteroatoms. The first-order valence-electron chi connectivity index (χ1n) is 6.09. The molecule has 1 amide bonds. The summed E-state index contributed by atoms with van der Waals surface area (Å²) in [5.41, 5.74) is 0.328. The van der Waals surface area contributed by atoms with Crippen molar-refractivity contribution in [3.05, 3.63) is 57.9 Å². The van der Waals surface area contributed by atoms with Crippen molar-refractivity contribution in [2.75, 3.05) is 0 Å². The third-order valence-corrected chi connectivity index (χ3v) is 3.89. The number of carbonyl (C=O) groups is 1. The molecule has 22 heavy (non-hydrogen) atoms. The minimum absolute atomic E-state index is 0.0327. The van der Waals surface area contributed by atoms with Gasteiger partial charge in [0.15, 0.2) is 0 Å². The van der Waals surface area contributed by atoms with Crippen LogP contribution in [0.25, 0.3) is 0 Å². The molecule has 0 saturated heterocycles. The highest BCUT2D eigenvalue weighted by Gasteiger charge is 2.16. The number of halogens is 4. The average molecular weight is 391 g/mol.